The molecule has 8 heteroatoms. The van der Waals surface area contributed by atoms with Crippen molar-refractivity contribution in [1.29, 1.82) is 0 Å². The molecular weight excluding hydrogens is 386 g/mol. The fourth-order valence-electron chi connectivity index (χ4n) is 7.12. The van der Waals surface area contributed by atoms with E-state index in [1.54, 1.807) is 0 Å². The normalized spacial score (nSPS) is 41.8. The molecule has 1 saturated heterocycles. The lowest BCUT2D eigenvalue weighted by Crippen LogP contribution is -2.53. The molecule has 6 aliphatic rings. The molecule has 30 heavy (non-hydrogen) atoms. The maximum Gasteiger partial charge on any atom is 0.344 e. The van der Waals surface area contributed by atoms with Crippen LogP contribution in [0.5, 0.6) is 0 Å². The second kappa shape index (κ2) is 6.95. The Labute approximate surface area is 176 Å². The average molecular weight is 418 g/mol. The zero-order chi connectivity index (χ0) is 21.1. The first-order chi connectivity index (χ1) is 14.3. The Bertz CT molecular complexity index is 750. The first-order valence-corrected chi connectivity index (χ1v) is 11.4. The molecule has 1 heterocycles. The van der Waals surface area contributed by atoms with Crippen molar-refractivity contribution in [3.63, 3.8) is 0 Å². The maximum absolute atomic E-state index is 12.9. The third kappa shape index (κ3) is 3.19. The molecule has 5 aliphatic carbocycles. The molecular formula is C22H31N3O5. The average Bonchev–Trinajstić information content (AvgIpc) is 2.91. The summed E-state index contributed by atoms with van der Waals surface area (Å²) in [6, 6.07) is -0.615. The number of esters is 1. The van der Waals surface area contributed by atoms with Crippen LogP contribution in [0.3, 0.4) is 0 Å². The fraction of sp³-hybridized carbons (Fsp3) is 0.818. The van der Waals surface area contributed by atoms with Gasteiger partial charge in [0.25, 0.3) is 11.8 Å². The van der Waals surface area contributed by atoms with E-state index in [0.717, 1.165) is 37.1 Å². The molecule has 1 aliphatic heterocycles. The van der Waals surface area contributed by atoms with Gasteiger partial charge in [0.05, 0.1) is 5.41 Å². The fourth-order valence-corrected chi connectivity index (χ4v) is 7.12. The summed E-state index contributed by atoms with van der Waals surface area (Å²) in [5.41, 5.74) is 1.00. The summed E-state index contributed by atoms with van der Waals surface area (Å²) in [4.78, 5) is 50.4. The van der Waals surface area contributed by atoms with E-state index in [1.807, 2.05) is 0 Å². The van der Waals surface area contributed by atoms with Crippen molar-refractivity contribution in [1.82, 2.24) is 15.8 Å². The van der Waals surface area contributed by atoms with Gasteiger partial charge in [-0.3, -0.25) is 19.8 Å². The van der Waals surface area contributed by atoms with Crippen molar-refractivity contribution < 1.29 is 23.9 Å². The van der Waals surface area contributed by atoms with Crippen LogP contribution in [0.1, 0.15) is 71.1 Å². The van der Waals surface area contributed by atoms with Gasteiger partial charge in [-0.15, -0.1) is 0 Å². The minimum absolute atomic E-state index is 0.285. The van der Waals surface area contributed by atoms with Gasteiger partial charge in [-0.05, 0) is 87.9 Å². The van der Waals surface area contributed by atoms with Crippen molar-refractivity contribution in [2.75, 3.05) is 6.61 Å². The summed E-state index contributed by atoms with van der Waals surface area (Å²) in [6.45, 7) is 1.66. The molecule has 0 atom stereocenters. The van der Waals surface area contributed by atoms with E-state index in [9.17, 15) is 19.2 Å². The maximum atomic E-state index is 12.9. The molecule has 5 saturated carbocycles. The van der Waals surface area contributed by atoms with Gasteiger partial charge in [-0.25, -0.2) is 4.79 Å². The number of hydrogen-bond acceptors (Lipinski definition) is 5. The number of rotatable bonds is 4. The van der Waals surface area contributed by atoms with Crippen molar-refractivity contribution in [3.8, 4) is 0 Å². The highest BCUT2D eigenvalue weighted by atomic mass is 16.5. The summed E-state index contributed by atoms with van der Waals surface area (Å²) < 4.78 is 5.40. The highest BCUT2D eigenvalue weighted by Crippen LogP contribution is 2.60. The number of nitrogens with one attached hydrogen (secondary N) is 2. The second-order valence-corrected chi connectivity index (χ2v) is 10.6. The monoisotopic (exact) mass is 417 g/mol. The van der Waals surface area contributed by atoms with Gasteiger partial charge in [0, 0.05) is 0 Å². The Kier molecular flexibility index (Phi) is 4.59. The van der Waals surface area contributed by atoms with Gasteiger partial charge >= 0.3 is 12.0 Å². The molecule has 4 amide bonds. The van der Waals surface area contributed by atoms with Crippen LogP contribution in [-0.4, -0.2) is 41.0 Å². The quantitative estimate of drug-likeness (QED) is 0.539. The van der Waals surface area contributed by atoms with Gasteiger partial charge in [-0.2, -0.15) is 5.01 Å². The van der Waals surface area contributed by atoms with Crippen LogP contribution in [0, 0.1) is 29.1 Å². The van der Waals surface area contributed by atoms with E-state index in [-0.39, 0.29) is 5.97 Å². The van der Waals surface area contributed by atoms with E-state index in [0.29, 0.717) is 36.5 Å². The van der Waals surface area contributed by atoms with E-state index in [1.165, 1.54) is 19.3 Å². The smallest absolute Gasteiger partial charge is 0.344 e. The van der Waals surface area contributed by atoms with Crippen LogP contribution < -0.4 is 10.7 Å². The van der Waals surface area contributed by atoms with Crippen LogP contribution in [0.2, 0.25) is 0 Å². The summed E-state index contributed by atoms with van der Waals surface area (Å²) >= 11 is 0. The molecule has 0 aromatic heterocycles. The Morgan fingerprint density at radius 3 is 2.20 bits per heavy atom. The van der Waals surface area contributed by atoms with Crippen molar-refractivity contribution in [2.45, 2.75) is 76.7 Å². The minimum atomic E-state index is -0.910. The van der Waals surface area contributed by atoms with Crippen LogP contribution in [0.25, 0.3) is 0 Å². The summed E-state index contributed by atoms with van der Waals surface area (Å²) in [7, 11) is 0. The highest BCUT2D eigenvalue weighted by molar-refractivity contribution is 6.08. The van der Waals surface area contributed by atoms with Gasteiger partial charge < -0.3 is 10.1 Å². The molecule has 0 unspecified atom stereocenters. The lowest BCUT2D eigenvalue weighted by Gasteiger charge is -2.55. The van der Waals surface area contributed by atoms with Crippen molar-refractivity contribution in [2.24, 2.45) is 29.1 Å². The zero-order valence-electron chi connectivity index (χ0n) is 17.6. The number of hydrazine groups is 1. The van der Waals surface area contributed by atoms with Gasteiger partial charge in [0.2, 0.25) is 0 Å². The SMILES string of the molecule is CC1CCC2(CC1)NC(=O)N(NC(=O)COC(=O)C13CC4CC(CC(C4)C1)C3)C2=O. The third-order valence-electron chi connectivity index (χ3n) is 8.33. The molecule has 0 aromatic carbocycles. The number of ether oxygens (including phenoxy) is 1. The predicted octanol–water partition coefficient (Wildman–Crippen LogP) is 2.28. The van der Waals surface area contributed by atoms with Crippen molar-refractivity contribution >= 4 is 23.8 Å². The number of hydrogen-bond donors (Lipinski definition) is 2. The first-order valence-electron chi connectivity index (χ1n) is 11.4. The number of urea groups is 1. The molecule has 2 N–H and O–H groups in total. The van der Waals surface area contributed by atoms with Crippen LogP contribution >= 0.6 is 0 Å². The Hall–Kier alpha value is -2.12. The number of amides is 4. The third-order valence-corrected chi connectivity index (χ3v) is 8.33. The summed E-state index contributed by atoms with van der Waals surface area (Å²) in [5, 5.41) is 3.52. The molecule has 4 bridgehead atoms. The number of carbonyl (C=O) groups is 4. The van der Waals surface area contributed by atoms with Gasteiger partial charge in [0.15, 0.2) is 6.61 Å². The van der Waals surface area contributed by atoms with Gasteiger partial charge in [0.1, 0.15) is 5.54 Å². The standard InChI is InChI=1S/C22H31N3O5/c1-13-2-4-22(5-3-13)18(27)25(20(29)23-22)24-17(26)12-30-19(28)21-9-14-6-15(10-21)8-16(7-14)11-21/h13-16H,2-12H2,1H3,(H,23,29)(H,24,26). The second-order valence-electron chi connectivity index (χ2n) is 10.6. The number of nitrogens with zero attached hydrogens (tertiary/aromatic N) is 1. The van der Waals surface area contributed by atoms with Crippen LogP contribution in [0.15, 0.2) is 0 Å². The number of imide groups is 1. The Morgan fingerprint density at radius 1 is 1.07 bits per heavy atom. The molecule has 164 valence electrons. The van der Waals surface area contributed by atoms with Crippen molar-refractivity contribution in [3.05, 3.63) is 0 Å². The molecule has 6 rings (SSSR count). The van der Waals surface area contributed by atoms with Gasteiger partial charge in [-0.1, -0.05) is 6.92 Å². The lowest BCUT2D eigenvalue weighted by molar-refractivity contribution is -0.173. The largest absolute Gasteiger partial charge is 0.455 e. The first kappa shape index (κ1) is 19.8. The molecule has 0 aromatic rings. The molecule has 8 nitrogen and oxygen atoms in total. The van der Waals surface area contributed by atoms with E-state index in [4.69, 9.17) is 4.74 Å². The lowest BCUT2D eigenvalue weighted by atomic mass is 9.49. The molecule has 6 fully saturated rings. The predicted molar refractivity (Wildman–Crippen MR) is 105 cm³/mol. The zero-order valence-corrected chi connectivity index (χ0v) is 17.6. The number of carbonyl (C=O) groups excluding carboxylic acids is 4. The molecule has 0 radical (unpaired) electrons. The molecule has 1 spiro atoms. The van der Waals surface area contributed by atoms with E-state index in [2.05, 4.69) is 17.7 Å². The van der Waals surface area contributed by atoms with E-state index < -0.39 is 35.4 Å². The topological polar surface area (TPSA) is 105 Å². The summed E-state index contributed by atoms with van der Waals surface area (Å²) in [6.07, 6.45) is 9.14. The Balaban J connectivity index is 1.16. The minimum Gasteiger partial charge on any atom is -0.455 e. The van der Waals surface area contributed by atoms with E-state index >= 15 is 0 Å². The van der Waals surface area contributed by atoms with Crippen LogP contribution in [0.4, 0.5) is 4.79 Å². The highest BCUT2D eigenvalue weighted by Gasteiger charge is 2.56. The Morgan fingerprint density at radius 2 is 1.63 bits per heavy atom. The summed E-state index contributed by atoms with van der Waals surface area (Å²) in [5.74, 6) is 0.992. The van der Waals surface area contributed by atoms with Crippen LogP contribution in [-0.2, 0) is 19.1 Å².